The van der Waals surface area contributed by atoms with Crippen LogP contribution in [0.25, 0.3) is 5.69 Å². The highest BCUT2D eigenvalue weighted by Crippen LogP contribution is 2.11. The fourth-order valence-electron chi connectivity index (χ4n) is 2.17. The normalized spacial score (nSPS) is 10.6. The van der Waals surface area contributed by atoms with Gasteiger partial charge in [-0.2, -0.15) is 0 Å². The number of aromatic nitrogens is 2. The molecule has 1 heterocycles. The van der Waals surface area contributed by atoms with Crippen LogP contribution in [0.2, 0.25) is 0 Å². The fourth-order valence-corrected chi connectivity index (χ4v) is 2.17. The first-order valence-corrected chi connectivity index (χ1v) is 6.58. The van der Waals surface area contributed by atoms with Crippen LogP contribution < -0.4 is 11.4 Å². The third-order valence-corrected chi connectivity index (χ3v) is 3.26. The summed E-state index contributed by atoms with van der Waals surface area (Å²) in [6, 6.07) is 6.82. The highest BCUT2D eigenvalue weighted by molar-refractivity contribution is 5.94. The summed E-state index contributed by atoms with van der Waals surface area (Å²) in [5.41, 5.74) is 6.89. The molecule has 0 saturated carbocycles. The molecule has 0 atom stereocenters. The number of hydrogen-bond donors (Lipinski definition) is 1. The van der Waals surface area contributed by atoms with Crippen molar-refractivity contribution in [3.05, 3.63) is 52.2 Å². The summed E-state index contributed by atoms with van der Waals surface area (Å²) in [5.74, 6) is -0.470. The molecule has 2 rings (SSSR count). The molecular formula is C15H17N3O3. The standard InChI is InChI=1S/C15H17N3O3/c1-10-9-17(8-7-14(16)20)15(21)18(10)13-5-3-12(4-6-13)11(2)19/h3-6,9H,7-8H2,1-2H3,(H2,16,20). The molecule has 6 nitrogen and oxygen atoms in total. The minimum atomic E-state index is -0.446. The zero-order chi connectivity index (χ0) is 15.6. The largest absolute Gasteiger partial charge is 0.370 e. The van der Waals surface area contributed by atoms with Gasteiger partial charge in [-0.15, -0.1) is 0 Å². The lowest BCUT2D eigenvalue weighted by atomic mass is 10.1. The molecule has 0 aliphatic carbocycles. The van der Waals surface area contributed by atoms with Gasteiger partial charge in [0.1, 0.15) is 0 Å². The van der Waals surface area contributed by atoms with E-state index in [0.717, 1.165) is 5.69 Å². The topological polar surface area (TPSA) is 87.1 Å². The number of carbonyl (C=O) groups excluding carboxylic acids is 2. The predicted octanol–water partition coefficient (Wildman–Crippen LogP) is 1.03. The quantitative estimate of drug-likeness (QED) is 0.833. The van der Waals surface area contributed by atoms with E-state index in [4.69, 9.17) is 5.73 Å². The van der Waals surface area contributed by atoms with Crippen molar-refractivity contribution in [3.63, 3.8) is 0 Å². The van der Waals surface area contributed by atoms with Gasteiger partial charge in [0, 0.05) is 30.4 Å². The summed E-state index contributed by atoms with van der Waals surface area (Å²) in [6.45, 7) is 3.56. The number of imidazole rings is 1. The van der Waals surface area contributed by atoms with Crippen molar-refractivity contribution in [3.8, 4) is 5.69 Å². The number of hydrogen-bond acceptors (Lipinski definition) is 3. The molecule has 0 spiro atoms. The minimum absolute atomic E-state index is 0.0235. The fraction of sp³-hybridized carbons (Fsp3) is 0.267. The zero-order valence-corrected chi connectivity index (χ0v) is 12.0. The van der Waals surface area contributed by atoms with Gasteiger partial charge >= 0.3 is 5.69 Å². The van der Waals surface area contributed by atoms with Crippen molar-refractivity contribution in [1.29, 1.82) is 0 Å². The second kappa shape index (κ2) is 5.78. The van der Waals surface area contributed by atoms with Crippen LogP contribution in [-0.4, -0.2) is 20.8 Å². The summed E-state index contributed by atoms with van der Waals surface area (Å²) in [4.78, 5) is 34.4. The first-order valence-electron chi connectivity index (χ1n) is 6.58. The Hall–Kier alpha value is -2.63. The van der Waals surface area contributed by atoms with Gasteiger partial charge < -0.3 is 5.73 Å². The number of Topliss-reactive ketones (excluding diaryl/α,β-unsaturated/α-hetero) is 1. The maximum atomic E-state index is 12.3. The van der Waals surface area contributed by atoms with Crippen LogP contribution in [0.5, 0.6) is 0 Å². The average Bonchev–Trinajstić information content (AvgIpc) is 2.71. The highest BCUT2D eigenvalue weighted by Gasteiger charge is 2.11. The molecule has 0 radical (unpaired) electrons. The zero-order valence-electron chi connectivity index (χ0n) is 12.0. The van der Waals surface area contributed by atoms with Crippen LogP contribution >= 0.6 is 0 Å². The van der Waals surface area contributed by atoms with Gasteiger partial charge in [-0.05, 0) is 38.1 Å². The highest BCUT2D eigenvalue weighted by atomic mass is 16.2. The van der Waals surface area contributed by atoms with Crippen LogP contribution in [0.3, 0.4) is 0 Å². The second-order valence-electron chi connectivity index (χ2n) is 4.90. The van der Waals surface area contributed by atoms with E-state index >= 15 is 0 Å². The molecule has 21 heavy (non-hydrogen) atoms. The first kappa shape index (κ1) is 14.8. The lowest BCUT2D eigenvalue weighted by Gasteiger charge is -2.05. The second-order valence-corrected chi connectivity index (χ2v) is 4.90. The monoisotopic (exact) mass is 287 g/mol. The number of amides is 1. The Morgan fingerprint density at radius 1 is 1.19 bits per heavy atom. The molecule has 1 aromatic carbocycles. The molecule has 0 aliphatic heterocycles. The predicted molar refractivity (Wildman–Crippen MR) is 78.6 cm³/mol. The van der Waals surface area contributed by atoms with Crippen LogP contribution in [-0.2, 0) is 11.3 Å². The third kappa shape index (κ3) is 3.10. The molecule has 2 aromatic rings. The third-order valence-electron chi connectivity index (χ3n) is 3.26. The molecule has 2 N–H and O–H groups in total. The molecule has 1 amide bonds. The van der Waals surface area contributed by atoms with E-state index in [9.17, 15) is 14.4 Å². The van der Waals surface area contributed by atoms with E-state index in [1.165, 1.54) is 16.1 Å². The Labute approximate surface area is 121 Å². The van der Waals surface area contributed by atoms with E-state index in [1.54, 1.807) is 37.4 Å². The van der Waals surface area contributed by atoms with Gasteiger partial charge in [-0.1, -0.05) is 0 Å². The average molecular weight is 287 g/mol. The number of benzene rings is 1. The first-order chi connectivity index (χ1) is 9.90. The smallest absolute Gasteiger partial charge is 0.332 e. The Bertz CT molecular complexity index is 739. The minimum Gasteiger partial charge on any atom is -0.370 e. The SMILES string of the molecule is CC(=O)c1ccc(-n2c(C)cn(CCC(N)=O)c2=O)cc1. The molecule has 110 valence electrons. The van der Waals surface area contributed by atoms with Crippen LogP contribution in [0.1, 0.15) is 29.4 Å². The van der Waals surface area contributed by atoms with Crippen molar-refractivity contribution in [2.24, 2.45) is 5.73 Å². The maximum absolute atomic E-state index is 12.3. The van der Waals surface area contributed by atoms with E-state index in [-0.39, 0.29) is 24.4 Å². The number of nitrogens with zero attached hydrogens (tertiary/aromatic N) is 2. The van der Waals surface area contributed by atoms with Crippen LogP contribution in [0.4, 0.5) is 0 Å². The lowest BCUT2D eigenvalue weighted by molar-refractivity contribution is -0.118. The summed E-state index contributed by atoms with van der Waals surface area (Å²) in [5, 5.41) is 0. The van der Waals surface area contributed by atoms with Gasteiger partial charge in [0.05, 0.1) is 5.69 Å². The number of aryl methyl sites for hydroxylation is 2. The van der Waals surface area contributed by atoms with Crippen molar-refractivity contribution in [1.82, 2.24) is 9.13 Å². The molecular weight excluding hydrogens is 270 g/mol. The number of carbonyl (C=O) groups is 2. The summed E-state index contributed by atoms with van der Waals surface area (Å²) < 4.78 is 2.99. The Morgan fingerprint density at radius 3 is 2.33 bits per heavy atom. The summed E-state index contributed by atoms with van der Waals surface area (Å²) >= 11 is 0. The number of nitrogens with two attached hydrogens (primary N) is 1. The van der Waals surface area contributed by atoms with Gasteiger partial charge in [-0.3, -0.25) is 18.7 Å². The number of primary amides is 1. The van der Waals surface area contributed by atoms with Gasteiger partial charge in [0.2, 0.25) is 5.91 Å². The van der Waals surface area contributed by atoms with Gasteiger partial charge in [-0.25, -0.2) is 4.79 Å². The lowest BCUT2D eigenvalue weighted by Crippen LogP contribution is -2.25. The van der Waals surface area contributed by atoms with Crippen LogP contribution in [0, 0.1) is 6.92 Å². The summed E-state index contributed by atoms with van der Waals surface area (Å²) in [6.07, 6.45) is 1.80. The van der Waals surface area contributed by atoms with Crippen LogP contribution in [0.15, 0.2) is 35.3 Å². The Balaban J connectivity index is 2.38. The summed E-state index contributed by atoms with van der Waals surface area (Å²) in [7, 11) is 0. The number of ketones is 1. The van der Waals surface area contributed by atoms with Crippen molar-refractivity contribution in [2.45, 2.75) is 26.8 Å². The Kier molecular flexibility index (Phi) is 4.07. The Morgan fingerprint density at radius 2 is 1.81 bits per heavy atom. The van der Waals surface area contributed by atoms with E-state index in [0.29, 0.717) is 11.3 Å². The molecule has 0 bridgehead atoms. The molecule has 0 fully saturated rings. The molecule has 0 aliphatic rings. The maximum Gasteiger partial charge on any atom is 0.332 e. The van der Waals surface area contributed by atoms with Crippen molar-refractivity contribution < 1.29 is 9.59 Å². The molecule has 0 unspecified atom stereocenters. The van der Waals surface area contributed by atoms with E-state index in [1.807, 2.05) is 0 Å². The molecule has 1 aromatic heterocycles. The van der Waals surface area contributed by atoms with Crippen molar-refractivity contribution >= 4 is 11.7 Å². The molecule has 6 heteroatoms. The van der Waals surface area contributed by atoms with E-state index in [2.05, 4.69) is 0 Å². The van der Waals surface area contributed by atoms with Crippen molar-refractivity contribution in [2.75, 3.05) is 0 Å². The van der Waals surface area contributed by atoms with E-state index < -0.39 is 5.91 Å². The molecule has 0 saturated heterocycles. The van der Waals surface area contributed by atoms with Gasteiger partial charge in [0.15, 0.2) is 5.78 Å². The van der Waals surface area contributed by atoms with Gasteiger partial charge in [0.25, 0.3) is 0 Å². The number of rotatable bonds is 5.